The number of phenols is 1. The van der Waals surface area contributed by atoms with Gasteiger partial charge in [-0.25, -0.2) is 0 Å². The zero-order valence-corrected chi connectivity index (χ0v) is 21.9. The molecule has 1 saturated heterocycles. The number of hydrogen-bond donors (Lipinski definition) is 2. The topological polar surface area (TPSA) is 73.2 Å². The molecular formula is C29H31BrN2O4. The number of halogens is 1. The Kier molecular flexibility index (Phi) is 5.59. The summed E-state index contributed by atoms with van der Waals surface area (Å²) < 4.78 is 7.55. The van der Waals surface area contributed by atoms with Crippen molar-refractivity contribution in [3.05, 3.63) is 76.3 Å². The first-order valence-electron chi connectivity index (χ1n) is 12.6. The van der Waals surface area contributed by atoms with E-state index >= 15 is 0 Å². The largest absolute Gasteiger partial charge is 0.504 e. The highest BCUT2D eigenvalue weighted by Gasteiger charge is 2.73. The van der Waals surface area contributed by atoms with Crippen molar-refractivity contribution in [2.45, 2.75) is 54.9 Å². The number of aliphatic hydroxyl groups is 1. The van der Waals surface area contributed by atoms with E-state index in [1.165, 1.54) is 0 Å². The number of nitrogens with zero attached hydrogens (tertiary/aromatic N) is 2. The lowest BCUT2D eigenvalue weighted by Crippen LogP contribution is -2.78. The number of rotatable bonds is 5. The Morgan fingerprint density at radius 2 is 2.06 bits per heavy atom. The lowest BCUT2D eigenvalue weighted by molar-refractivity contribution is -0.198. The van der Waals surface area contributed by atoms with Crippen LogP contribution in [0, 0.1) is 0 Å². The highest BCUT2D eigenvalue weighted by molar-refractivity contribution is 9.10. The molecule has 6 rings (SSSR count). The number of likely N-dealkylation sites (N-methyl/N-ethyl adjacent to an activating group) is 1. The molecule has 1 saturated carbocycles. The van der Waals surface area contributed by atoms with Crippen molar-refractivity contribution in [2.24, 2.45) is 0 Å². The van der Waals surface area contributed by atoms with Crippen LogP contribution in [0.3, 0.4) is 0 Å². The van der Waals surface area contributed by atoms with Gasteiger partial charge in [-0.15, -0.1) is 6.58 Å². The van der Waals surface area contributed by atoms with Crippen LogP contribution in [0.1, 0.15) is 36.0 Å². The molecule has 4 aliphatic rings. The molecule has 2 N–H and O–H groups in total. The first-order valence-corrected chi connectivity index (χ1v) is 13.4. The second kappa shape index (κ2) is 8.47. The fourth-order valence-electron chi connectivity index (χ4n) is 7.41. The van der Waals surface area contributed by atoms with Gasteiger partial charge in [0.15, 0.2) is 11.5 Å². The third kappa shape index (κ3) is 3.19. The summed E-state index contributed by atoms with van der Waals surface area (Å²) in [4.78, 5) is 17.4. The summed E-state index contributed by atoms with van der Waals surface area (Å²) in [6.07, 6.45) is 7.50. The van der Waals surface area contributed by atoms with Crippen LogP contribution in [-0.4, -0.2) is 69.8 Å². The van der Waals surface area contributed by atoms with Gasteiger partial charge < -0.3 is 19.8 Å². The quantitative estimate of drug-likeness (QED) is 0.434. The molecule has 5 atom stereocenters. The summed E-state index contributed by atoms with van der Waals surface area (Å²) in [7, 11) is 1.82. The molecule has 2 fully saturated rings. The molecule has 2 aliphatic carbocycles. The molecule has 36 heavy (non-hydrogen) atoms. The Bertz CT molecular complexity index is 1260. The van der Waals surface area contributed by atoms with Crippen LogP contribution in [0.15, 0.2) is 59.6 Å². The van der Waals surface area contributed by atoms with Crippen molar-refractivity contribution in [3.63, 3.8) is 0 Å². The molecular weight excluding hydrogens is 520 g/mol. The minimum atomic E-state index is -1.00. The third-order valence-corrected chi connectivity index (χ3v) is 9.57. The van der Waals surface area contributed by atoms with Gasteiger partial charge in [0.2, 0.25) is 5.91 Å². The predicted molar refractivity (Wildman–Crippen MR) is 142 cm³/mol. The molecule has 2 aromatic carbocycles. The Morgan fingerprint density at radius 1 is 1.28 bits per heavy atom. The summed E-state index contributed by atoms with van der Waals surface area (Å²) >= 11 is 3.44. The Balaban J connectivity index is 1.37. The maximum atomic E-state index is 13.3. The first kappa shape index (κ1) is 23.8. The van der Waals surface area contributed by atoms with Gasteiger partial charge in [-0.2, -0.15) is 0 Å². The van der Waals surface area contributed by atoms with E-state index in [9.17, 15) is 15.0 Å². The molecule has 2 bridgehead atoms. The van der Waals surface area contributed by atoms with Crippen LogP contribution in [0.5, 0.6) is 11.5 Å². The van der Waals surface area contributed by atoms with Crippen molar-refractivity contribution in [2.75, 3.05) is 20.1 Å². The number of likely N-dealkylation sites (tertiary alicyclic amines) is 1. The van der Waals surface area contributed by atoms with Crippen LogP contribution in [0.25, 0.3) is 6.08 Å². The standard InChI is InChI=1S/C29H31BrN2O4/c1-3-15-32-16-14-28-25-19-7-10-22(33)26(25)36-27(28)21(12-13-29(28,35)23(32)17-19)31(2)24(34)11-6-18-4-8-20(30)9-5-18/h3-11,21,23,27,33,35H,1,12-17H2,2H3/t21-,23-,27+,28+,29-/m1/s1. The lowest BCUT2D eigenvalue weighted by atomic mass is 9.48. The minimum Gasteiger partial charge on any atom is -0.504 e. The van der Waals surface area contributed by atoms with Gasteiger partial charge >= 0.3 is 0 Å². The van der Waals surface area contributed by atoms with Crippen molar-refractivity contribution < 1.29 is 19.7 Å². The molecule has 0 aromatic heterocycles. The van der Waals surface area contributed by atoms with E-state index in [-0.39, 0.29) is 23.7 Å². The number of piperidine rings is 1. The summed E-state index contributed by atoms with van der Waals surface area (Å²) in [6, 6.07) is 11.2. The zero-order chi connectivity index (χ0) is 25.2. The molecule has 1 spiro atoms. The van der Waals surface area contributed by atoms with Gasteiger partial charge in [-0.05, 0) is 67.6 Å². The second-order valence-electron chi connectivity index (χ2n) is 10.6. The number of carbonyl (C=O) groups is 1. The first-order chi connectivity index (χ1) is 17.3. The number of hydrogen-bond acceptors (Lipinski definition) is 5. The number of phenolic OH excluding ortho intramolecular Hbond substituents is 1. The predicted octanol–water partition coefficient (Wildman–Crippen LogP) is 4.04. The summed E-state index contributed by atoms with van der Waals surface area (Å²) in [5, 5.41) is 23.2. The maximum absolute atomic E-state index is 13.3. The normalized spacial score (nSPS) is 32.1. The fraction of sp³-hybridized carbons (Fsp3) is 0.414. The summed E-state index contributed by atoms with van der Waals surface area (Å²) in [5.74, 6) is 0.490. The zero-order valence-electron chi connectivity index (χ0n) is 20.4. The van der Waals surface area contributed by atoms with Crippen LogP contribution in [0.2, 0.25) is 0 Å². The highest BCUT2D eigenvalue weighted by atomic mass is 79.9. The number of aromatic hydroxyl groups is 1. The average molecular weight is 551 g/mol. The second-order valence-corrected chi connectivity index (χ2v) is 11.5. The Labute approximate surface area is 220 Å². The number of amides is 1. The van der Waals surface area contributed by atoms with Crippen molar-refractivity contribution in [1.29, 1.82) is 0 Å². The van der Waals surface area contributed by atoms with E-state index in [0.29, 0.717) is 31.4 Å². The van der Waals surface area contributed by atoms with Gasteiger partial charge in [-0.1, -0.05) is 40.2 Å². The Hall–Kier alpha value is -2.61. The van der Waals surface area contributed by atoms with Crippen LogP contribution in [0.4, 0.5) is 0 Å². The third-order valence-electron chi connectivity index (χ3n) is 9.04. The number of carbonyl (C=O) groups excluding carboxylic acids is 1. The van der Waals surface area contributed by atoms with Gasteiger partial charge in [0.1, 0.15) is 6.10 Å². The van der Waals surface area contributed by atoms with E-state index in [2.05, 4.69) is 27.4 Å². The average Bonchev–Trinajstić information content (AvgIpc) is 3.22. The lowest BCUT2D eigenvalue weighted by Gasteiger charge is -2.64. The van der Waals surface area contributed by atoms with E-state index < -0.39 is 17.1 Å². The van der Waals surface area contributed by atoms with Gasteiger partial charge in [0.05, 0.1) is 17.1 Å². The van der Waals surface area contributed by atoms with Crippen molar-refractivity contribution in [3.8, 4) is 11.5 Å². The minimum absolute atomic E-state index is 0.0578. The number of benzene rings is 2. The molecule has 188 valence electrons. The molecule has 2 aliphatic heterocycles. The highest BCUT2D eigenvalue weighted by Crippen LogP contribution is 2.65. The molecule has 1 amide bonds. The SMILES string of the molecule is C=CCN1CC[C@]23c4c5ccc(O)c4O[C@H]2[C@H](N(C)C(=O)C=Cc2ccc(Br)cc2)CC[C@@]3(O)[C@H]1C5. The van der Waals surface area contributed by atoms with Crippen molar-refractivity contribution >= 4 is 27.9 Å². The Morgan fingerprint density at radius 3 is 2.81 bits per heavy atom. The number of ether oxygens (including phenoxy) is 1. The van der Waals surface area contributed by atoms with Crippen LogP contribution < -0.4 is 4.74 Å². The smallest absolute Gasteiger partial charge is 0.246 e. The molecule has 2 heterocycles. The van der Waals surface area contributed by atoms with E-state index in [0.717, 1.165) is 34.3 Å². The molecule has 0 radical (unpaired) electrons. The summed E-state index contributed by atoms with van der Waals surface area (Å²) in [5.41, 5.74) is 1.36. The van der Waals surface area contributed by atoms with Crippen molar-refractivity contribution in [1.82, 2.24) is 9.80 Å². The molecule has 7 heteroatoms. The molecule has 6 nitrogen and oxygen atoms in total. The monoisotopic (exact) mass is 550 g/mol. The maximum Gasteiger partial charge on any atom is 0.246 e. The fourth-order valence-corrected chi connectivity index (χ4v) is 7.67. The van der Waals surface area contributed by atoms with Gasteiger partial charge in [0, 0.05) is 35.7 Å². The van der Waals surface area contributed by atoms with Gasteiger partial charge in [-0.3, -0.25) is 9.69 Å². The summed E-state index contributed by atoms with van der Waals surface area (Å²) in [6.45, 7) is 5.46. The van der Waals surface area contributed by atoms with E-state index in [1.54, 1.807) is 17.0 Å². The van der Waals surface area contributed by atoms with E-state index in [1.807, 2.05) is 49.5 Å². The molecule has 0 unspecified atom stereocenters. The van der Waals surface area contributed by atoms with E-state index in [4.69, 9.17) is 4.74 Å². The molecule has 2 aromatic rings. The van der Waals surface area contributed by atoms with Gasteiger partial charge in [0.25, 0.3) is 0 Å². The van der Waals surface area contributed by atoms with Crippen LogP contribution in [-0.2, 0) is 16.6 Å². The van der Waals surface area contributed by atoms with Crippen LogP contribution >= 0.6 is 15.9 Å².